The zero-order chi connectivity index (χ0) is 18.0. The highest BCUT2D eigenvalue weighted by molar-refractivity contribution is 7.80. The number of benzene rings is 1. The summed E-state index contributed by atoms with van der Waals surface area (Å²) < 4.78 is 4.99. The van der Waals surface area contributed by atoms with Crippen molar-refractivity contribution < 1.29 is 14.3 Å². The predicted molar refractivity (Wildman–Crippen MR) is 98.4 cm³/mol. The lowest BCUT2D eigenvalue weighted by atomic mass is 10.1. The van der Waals surface area contributed by atoms with Crippen LogP contribution in [0.25, 0.3) is 6.08 Å². The highest BCUT2D eigenvalue weighted by Gasteiger charge is 2.34. The number of hydrogen-bond acceptors (Lipinski definition) is 5. The molecule has 0 spiro atoms. The van der Waals surface area contributed by atoms with Gasteiger partial charge in [-0.15, -0.1) is 0 Å². The standard InChI is InChI=1S/C17H12ClN3O3S/c1-24-14-7-2-10(9-19-14)8-13-15(22)20-17(25)21(16(13)23)12-5-3-11(18)4-6-12/h2-9H,1H3,(H,20,22,25). The van der Waals surface area contributed by atoms with E-state index in [-0.39, 0.29) is 10.7 Å². The van der Waals surface area contributed by atoms with Crippen molar-refractivity contribution in [2.24, 2.45) is 0 Å². The maximum absolute atomic E-state index is 12.8. The molecule has 1 aromatic heterocycles. The number of ether oxygens (including phenoxy) is 1. The van der Waals surface area contributed by atoms with Crippen molar-refractivity contribution in [1.29, 1.82) is 0 Å². The lowest BCUT2D eigenvalue weighted by Crippen LogP contribution is -2.54. The minimum Gasteiger partial charge on any atom is -0.481 e. The maximum Gasteiger partial charge on any atom is 0.270 e. The third kappa shape index (κ3) is 3.52. The Kier molecular flexibility index (Phi) is 4.78. The van der Waals surface area contributed by atoms with Crippen molar-refractivity contribution in [2.75, 3.05) is 12.0 Å². The zero-order valence-corrected chi connectivity index (χ0v) is 14.6. The molecule has 0 atom stereocenters. The number of anilines is 1. The molecule has 1 N–H and O–H groups in total. The van der Waals surface area contributed by atoms with Crippen LogP contribution in [0.5, 0.6) is 5.88 Å². The van der Waals surface area contributed by atoms with E-state index in [2.05, 4.69) is 10.3 Å². The van der Waals surface area contributed by atoms with Crippen molar-refractivity contribution in [3.63, 3.8) is 0 Å². The van der Waals surface area contributed by atoms with E-state index in [4.69, 9.17) is 28.6 Å². The molecule has 6 nitrogen and oxygen atoms in total. The molecule has 3 rings (SSSR count). The first-order valence-corrected chi connectivity index (χ1v) is 7.95. The number of carbonyl (C=O) groups excluding carboxylic acids is 2. The number of aromatic nitrogens is 1. The highest BCUT2D eigenvalue weighted by Crippen LogP contribution is 2.23. The fraction of sp³-hybridized carbons (Fsp3) is 0.0588. The normalized spacial score (nSPS) is 16.2. The van der Waals surface area contributed by atoms with Gasteiger partial charge < -0.3 is 4.74 Å². The molecule has 126 valence electrons. The summed E-state index contributed by atoms with van der Waals surface area (Å²) in [6.07, 6.45) is 2.96. The summed E-state index contributed by atoms with van der Waals surface area (Å²) in [6.45, 7) is 0. The average molecular weight is 374 g/mol. The quantitative estimate of drug-likeness (QED) is 0.508. The summed E-state index contributed by atoms with van der Waals surface area (Å²) in [7, 11) is 1.50. The van der Waals surface area contributed by atoms with Gasteiger partial charge in [-0.1, -0.05) is 11.6 Å². The van der Waals surface area contributed by atoms with Crippen LogP contribution in [0.2, 0.25) is 5.02 Å². The SMILES string of the molecule is COc1ccc(C=C2C(=O)NC(=S)N(c3ccc(Cl)cc3)C2=O)cn1. The van der Waals surface area contributed by atoms with Gasteiger partial charge in [0.2, 0.25) is 5.88 Å². The minimum atomic E-state index is -0.559. The van der Waals surface area contributed by atoms with Gasteiger partial charge in [0.25, 0.3) is 11.8 Å². The van der Waals surface area contributed by atoms with Gasteiger partial charge in [-0.05, 0) is 54.2 Å². The zero-order valence-electron chi connectivity index (χ0n) is 13.0. The highest BCUT2D eigenvalue weighted by atomic mass is 35.5. The van der Waals surface area contributed by atoms with Crippen molar-refractivity contribution in [1.82, 2.24) is 10.3 Å². The van der Waals surface area contributed by atoms with E-state index in [1.165, 1.54) is 24.3 Å². The maximum atomic E-state index is 12.8. The Morgan fingerprint density at radius 3 is 2.52 bits per heavy atom. The second kappa shape index (κ2) is 7.00. The fourth-order valence-corrected chi connectivity index (χ4v) is 2.65. The number of methoxy groups -OCH3 is 1. The molecule has 0 radical (unpaired) electrons. The molecule has 2 aromatic rings. The molecule has 0 saturated carbocycles. The molecule has 2 heterocycles. The molecule has 1 aliphatic heterocycles. The molecule has 1 aliphatic rings. The molecule has 1 aromatic carbocycles. The van der Waals surface area contributed by atoms with Crippen LogP contribution in [0.4, 0.5) is 5.69 Å². The minimum absolute atomic E-state index is 0.0160. The third-order valence-corrected chi connectivity index (χ3v) is 4.00. The monoisotopic (exact) mass is 373 g/mol. The van der Waals surface area contributed by atoms with Crippen LogP contribution in [0.1, 0.15) is 5.56 Å². The molecule has 1 saturated heterocycles. The largest absolute Gasteiger partial charge is 0.481 e. The number of thiocarbonyl (C=S) groups is 1. The summed E-state index contributed by atoms with van der Waals surface area (Å²) in [5.74, 6) is -0.645. The second-order valence-electron chi connectivity index (χ2n) is 5.07. The average Bonchev–Trinajstić information content (AvgIpc) is 2.60. The number of nitrogens with one attached hydrogen (secondary N) is 1. The Morgan fingerprint density at radius 2 is 1.92 bits per heavy atom. The number of hydrogen-bond donors (Lipinski definition) is 1. The lowest BCUT2D eigenvalue weighted by molar-refractivity contribution is -0.122. The van der Waals surface area contributed by atoms with E-state index in [1.54, 1.807) is 36.4 Å². The fourth-order valence-electron chi connectivity index (χ4n) is 2.25. The van der Waals surface area contributed by atoms with Crippen molar-refractivity contribution in [3.05, 3.63) is 58.8 Å². The summed E-state index contributed by atoms with van der Waals surface area (Å²) in [4.78, 5) is 30.3. The Hall–Kier alpha value is -2.77. The predicted octanol–water partition coefficient (Wildman–Crippen LogP) is 2.57. The summed E-state index contributed by atoms with van der Waals surface area (Å²) >= 11 is 11.0. The Labute approximate surface area is 154 Å². The second-order valence-corrected chi connectivity index (χ2v) is 5.89. The van der Waals surface area contributed by atoms with Gasteiger partial charge in [-0.2, -0.15) is 0 Å². The van der Waals surface area contributed by atoms with E-state index in [0.29, 0.717) is 22.2 Å². The summed E-state index contributed by atoms with van der Waals surface area (Å²) in [5, 5.41) is 3.06. The van der Waals surface area contributed by atoms with Crippen LogP contribution in [-0.4, -0.2) is 29.0 Å². The first-order chi connectivity index (χ1) is 12.0. The van der Waals surface area contributed by atoms with Gasteiger partial charge >= 0.3 is 0 Å². The van der Waals surface area contributed by atoms with Gasteiger partial charge in [0, 0.05) is 17.3 Å². The van der Waals surface area contributed by atoms with Crippen molar-refractivity contribution in [2.45, 2.75) is 0 Å². The van der Waals surface area contributed by atoms with Gasteiger partial charge in [-0.3, -0.25) is 19.8 Å². The summed E-state index contributed by atoms with van der Waals surface area (Å²) in [6, 6.07) is 9.91. The number of nitrogens with zero attached hydrogens (tertiary/aromatic N) is 2. The Bertz CT molecular complexity index is 879. The first kappa shape index (κ1) is 17.1. The van der Waals surface area contributed by atoms with Crippen LogP contribution in [-0.2, 0) is 9.59 Å². The van der Waals surface area contributed by atoms with E-state index in [0.717, 1.165) is 0 Å². The van der Waals surface area contributed by atoms with Gasteiger partial charge in [0.1, 0.15) is 5.57 Å². The molecule has 1 fully saturated rings. The van der Waals surface area contributed by atoms with E-state index >= 15 is 0 Å². The topological polar surface area (TPSA) is 71.5 Å². The Morgan fingerprint density at radius 1 is 1.20 bits per heavy atom. The molecule has 0 aliphatic carbocycles. The molecular formula is C17H12ClN3O3S. The lowest BCUT2D eigenvalue weighted by Gasteiger charge is -2.28. The van der Waals surface area contributed by atoms with Crippen molar-refractivity contribution in [3.8, 4) is 5.88 Å². The number of amides is 2. The number of rotatable bonds is 3. The number of carbonyl (C=O) groups is 2. The molecule has 25 heavy (non-hydrogen) atoms. The van der Waals surface area contributed by atoms with Gasteiger partial charge in [0.15, 0.2) is 5.11 Å². The van der Waals surface area contributed by atoms with Gasteiger partial charge in [-0.25, -0.2) is 4.98 Å². The molecule has 2 amide bonds. The van der Waals surface area contributed by atoms with Crippen LogP contribution < -0.4 is 15.0 Å². The van der Waals surface area contributed by atoms with Gasteiger partial charge in [0.05, 0.1) is 12.8 Å². The molecule has 8 heteroatoms. The molecule has 0 unspecified atom stereocenters. The molecule has 0 bridgehead atoms. The number of halogens is 1. The van der Waals surface area contributed by atoms with Crippen LogP contribution in [0.3, 0.4) is 0 Å². The van der Waals surface area contributed by atoms with E-state index < -0.39 is 11.8 Å². The van der Waals surface area contributed by atoms with Crippen LogP contribution >= 0.6 is 23.8 Å². The summed E-state index contributed by atoms with van der Waals surface area (Å²) in [5.41, 5.74) is 1.05. The Balaban J connectivity index is 1.97. The third-order valence-electron chi connectivity index (χ3n) is 3.47. The van der Waals surface area contributed by atoms with Crippen LogP contribution in [0, 0.1) is 0 Å². The van der Waals surface area contributed by atoms with Crippen molar-refractivity contribution >= 4 is 52.5 Å². The smallest absolute Gasteiger partial charge is 0.270 e. The first-order valence-electron chi connectivity index (χ1n) is 7.16. The molecular weight excluding hydrogens is 362 g/mol. The van der Waals surface area contributed by atoms with Crippen LogP contribution in [0.15, 0.2) is 48.2 Å². The number of pyridine rings is 1. The van der Waals surface area contributed by atoms with E-state index in [1.807, 2.05) is 0 Å². The van der Waals surface area contributed by atoms with E-state index in [9.17, 15) is 9.59 Å².